The number of ether oxygens (including phenoxy) is 1. The summed E-state index contributed by atoms with van der Waals surface area (Å²) >= 11 is 5.93. The van der Waals surface area contributed by atoms with Crippen molar-refractivity contribution in [1.29, 1.82) is 0 Å². The number of para-hydroxylation sites is 1. The smallest absolute Gasteiger partial charge is 0.310 e. The fraction of sp³-hybridized carbons (Fsp3) is 0.125. The Bertz CT molecular complexity index is 631. The Kier molecular flexibility index (Phi) is 5.49. The predicted molar refractivity (Wildman–Crippen MR) is 81.1 cm³/mol. The van der Waals surface area contributed by atoms with Gasteiger partial charge < -0.3 is 10.1 Å². The molecule has 0 atom stereocenters. The van der Waals surface area contributed by atoms with Crippen molar-refractivity contribution < 1.29 is 18.7 Å². The maximum Gasteiger partial charge on any atom is 0.310 e. The van der Waals surface area contributed by atoms with Crippen LogP contribution in [-0.2, 0) is 20.7 Å². The van der Waals surface area contributed by atoms with Gasteiger partial charge in [0, 0.05) is 5.02 Å². The van der Waals surface area contributed by atoms with E-state index in [0.29, 0.717) is 10.6 Å². The third-order valence-electron chi connectivity index (χ3n) is 2.80. The SMILES string of the molecule is O=C(COC(=O)Cc1ccccc1Cl)Nc1ccccc1F. The molecule has 0 aromatic heterocycles. The van der Waals surface area contributed by atoms with Crippen LogP contribution in [0.1, 0.15) is 5.56 Å². The molecule has 0 saturated heterocycles. The fourth-order valence-electron chi connectivity index (χ4n) is 1.74. The van der Waals surface area contributed by atoms with Crippen LogP contribution in [0.2, 0.25) is 5.02 Å². The van der Waals surface area contributed by atoms with Gasteiger partial charge in [-0.05, 0) is 23.8 Å². The van der Waals surface area contributed by atoms with Gasteiger partial charge in [-0.1, -0.05) is 41.9 Å². The Morgan fingerprint density at radius 3 is 2.50 bits per heavy atom. The molecule has 6 heteroatoms. The maximum atomic E-state index is 13.3. The number of carbonyl (C=O) groups is 2. The lowest BCUT2D eigenvalue weighted by Gasteiger charge is -2.08. The summed E-state index contributed by atoms with van der Waals surface area (Å²) in [6, 6.07) is 12.6. The van der Waals surface area contributed by atoms with Crippen LogP contribution in [0.15, 0.2) is 48.5 Å². The third kappa shape index (κ3) is 4.56. The summed E-state index contributed by atoms with van der Waals surface area (Å²) in [5, 5.41) is 2.78. The number of carbonyl (C=O) groups excluding carboxylic acids is 2. The molecule has 0 heterocycles. The van der Waals surface area contributed by atoms with Crippen molar-refractivity contribution in [2.45, 2.75) is 6.42 Å². The number of esters is 1. The van der Waals surface area contributed by atoms with E-state index < -0.39 is 24.3 Å². The van der Waals surface area contributed by atoms with Crippen LogP contribution in [0.3, 0.4) is 0 Å². The Morgan fingerprint density at radius 2 is 1.77 bits per heavy atom. The predicted octanol–water partition coefficient (Wildman–Crippen LogP) is 3.20. The van der Waals surface area contributed by atoms with Gasteiger partial charge in [0.25, 0.3) is 5.91 Å². The number of amides is 1. The van der Waals surface area contributed by atoms with Crippen LogP contribution in [0, 0.1) is 5.82 Å². The summed E-state index contributed by atoms with van der Waals surface area (Å²) in [5.41, 5.74) is 0.651. The summed E-state index contributed by atoms with van der Waals surface area (Å²) in [6.07, 6.45) is -0.0351. The van der Waals surface area contributed by atoms with E-state index >= 15 is 0 Å². The number of benzene rings is 2. The lowest BCUT2D eigenvalue weighted by molar-refractivity contribution is -0.146. The highest BCUT2D eigenvalue weighted by Crippen LogP contribution is 2.16. The highest BCUT2D eigenvalue weighted by molar-refractivity contribution is 6.31. The van der Waals surface area contributed by atoms with Gasteiger partial charge in [0.15, 0.2) is 6.61 Å². The second-order valence-corrected chi connectivity index (χ2v) is 4.86. The maximum absolute atomic E-state index is 13.3. The van der Waals surface area contributed by atoms with Crippen LogP contribution in [-0.4, -0.2) is 18.5 Å². The molecule has 1 amide bonds. The molecule has 0 radical (unpaired) electrons. The summed E-state index contributed by atoms with van der Waals surface area (Å²) in [4.78, 5) is 23.3. The molecule has 0 aliphatic rings. The van der Waals surface area contributed by atoms with Crippen molar-refractivity contribution in [1.82, 2.24) is 0 Å². The molecule has 0 unspecified atom stereocenters. The average molecular weight is 322 g/mol. The average Bonchev–Trinajstić information content (AvgIpc) is 2.50. The van der Waals surface area contributed by atoms with E-state index in [1.54, 1.807) is 30.3 Å². The molecule has 0 saturated carbocycles. The first kappa shape index (κ1) is 16.0. The third-order valence-corrected chi connectivity index (χ3v) is 3.17. The number of hydrogen-bond donors (Lipinski definition) is 1. The van der Waals surface area contributed by atoms with E-state index in [-0.39, 0.29) is 12.1 Å². The molecule has 114 valence electrons. The van der Waals surface area contributed by atoms with Crippen molar-refractivity contribution in [3.8, 4) is 0 Å². The molecule has 0 aliphatic heterocycles. The van der Waals surface area contributed by atoms with Crippen molar-refractivity contribution in [3.63, 3.8) is 0 Å². The lowest BCUT2D eigenvalue weighted by atomic mass is 10.1. The van der Waals surface area contributed by atoms with Crippen LogP contribution >= 0.6 is 11.6 Å². The molecule has 0 fully saturated rings. The van der Waals surface area contributed by atoms with Crippen LogP contribution in [0.25, 0.3) is 0 Å². The van der Waals surface area contributed by atoms with E-state index in [1.165, 1.54) is 18.2 Å². The van der Waals surface area contributed by atoms with Crippen molar-refractivity contribution in [2.24, 2.45) is 0 Å². The van der Waals surface area contributed by atoms with Crippen LogP contribution in [0.5, 0.6) is 0 Å². The van der Waals surface area contributed by atoms with Gasteiger partial charge in [0.05, 0.1) is 12.1 Å². The molecular formula is C16H13ClFNO3. The first-order valence-electron chi connectivity index (χ1n) is 6.49. The summed E-state index contributed by atoms with van der Waals surface area (Å²) in [6.45, 7) is -0.488. The van der Waals surface area contributed by atoms with E-state index in [2.05, 4.69) is 5.32 Å². The molecule has 4 nitrogen and oxygen atoms in total. The van der Waals surface area contributed by atoms with Gasteiger partial charge in [-0.15, -0.1) is 0 Å². The van der Waals surface area contributed by atoms with Crippen molar-refractivity contribution >= 4 is 29.2 Å². The minimum absolute atomic E-state index is 0.0351. The van der Waals surface area contributed by atoms with E-state index in [4.69, 9.17) is 16.3 Å². The second-order valence-electron chi connectivity index (χ2n) is 4.46. The Morgan fingerprint density at radius 1 is 1.09 bits per heavy atom. The Hall–Kier alpha value is -2.40. The zero-order valence-electron chi connectivity index (χ0n) is 11.5. The van der Waals surface area contributed by atoms with E-state index in [0.717, 1.165) is 0 Å². The van der Waals surface area contributed by atoms with E-state index in [1.807, 2.05) is 0 Å². The Balaban J connectivity index is 1.82. The number of hydrogen-bond acceptors (Lipinski definition) is 3. The summed E-state index contributed by atoms with van der Waals surface area (Å²) < 4.78 is 18.2. The van der Waals surface area contributed by atoms with Gasteiger partial charge in [0.1, 0.15) is 5.82 Å². The van der Waals surface area contributed by atoms with Gasteiger partial charge in [0.2, 0.25) is 0 Å². The van der Waals surface area contributed by atoms with Crippen molar-refractivity contribution in [3.05, 3.63) is 64.9 Å². The zero-order valence-corrected chi connectivity index (χ0v) is 12.3. The van der Waals surface area contributed by atoms with Crippen molar-refractivity contribution in [2.75, 3.05) is 11.9 Å². The van der Waals surface area contributed by atoms with Crippen LogP contribution in [0.4, 0.5) is 10.1 Å². The molecule has 0 spiro atoms. The fourth-order valence-corrected chi connectivity index (χ4v) is 1.95. The number of halogens is 2. The normalized spacial score (nSPS) is 10.1. The molecular weight excluding hydrogens is 309 g/mol. The van der Waals surface area contributed by atoms with E-state index in [9.17, 15) is 14.0 Å². The molecule has 1 N–H and O–H groups in total. The molecule has 2 rings (SSSR count). The van der Waals surface area contributed by atoms with Gasteiger partial charge in [-0.2, -0.15) is 0 Å². The number of nitrogens with one attached hydrogen (secondary N) is 1. The second kappa shape index (κ2) is 7.56. The largest absolute Gasteiger partial charge is 0.455 e. The topological polar surface area (TPSA) is 55.4 Å². The monoisotopic (exact) mass is 321 g/mol. The quantitative estimate of drug-likeness (QED) is 0.860. The lowest BCUT2D eigenvalue weighted by Crippen LogP contribution is -2.22. The highest BCUT2D eigenvalue weighted by Gasteiger charge is 2.11. The standard InChI is InChI=1S/C16H13ClFNO3/c17-12-6-2-1-5-11(12)9-16(21)22-10-15(20)19-14-8-4-3-7-13(14)18/h1-8H,9-10H2,(H,19,20). The minimum Gasteiger partial charge on any atom is -0.455 e. The van der Waals surface area contributed by atoms with Gasteiger partial charge in [-0.25, -0.2) is 4.39 Å². The van der Waals surface area contributed by atoms with Gasteiger partial charge >= 0.3 is 5.97 Å². The minimum atomic E-state index is -0.613. The molecule has 2 aromatic carbocycles. The summed E-state index contributed by atoms with van der Waals surface area (Å²) in [7, 11) is 0. The van der Waals surface area contributed by atoms with Crippen LogP contribution < -0.4 is 5.32 Å². The molecule has 0 aliphatic carbocycles. The van der Waals surface area contributed by atoms with Gasteiger partial charge in [-0.3, -0.25) is 9.59 Å². The highest BCUT2D eigenvalue weighted by atomic mass is 35.5. The molecule has 0 bridgehead atoms. The molecule has 22 heavy (non-hydrogen) atoms. The number of anilines is 1. The Labute approximate surface area is 131 Å². The summed E-state index contributed by atoms with van der Waals surface area (Å²) in [5.74, 6) is -1.76. The zero-order chi connectivity index (χ0) is 15.9. The number of rotatable bonds is 5. The molecule has 2 aromatic rings. The first-order chi connectivity index (χ1) is 10.6. The first-order valence-corrected chi connectivity index (χ1v) is 6.87.